The zero-order valence-corrected chi connectivity index (χ0v) is 13.1. The molecule has 4 heterocycles. The molecule has 0 bridgehead atoms. The third-order valence-corrected chi connectivity index (χ3v) is 4.80. The van der Waals surface area contributed by atoms with Gasteiger partial charge in [-0.15, -0.1) is 15.3 Å². The van der Waals surface area contributed by atoms with Crippen molar-refractivity contribution in [3.8, 4) is 0 Å². The molecule has 2 aliphatic rings. The van der Waals surface area contributed by atoms with E-state index in [0.717, 1.165) is 37.4 Å². The van der Waals surface area contributed by atoms with Crippen molar-refractivity contribution in [1.29, 1.82) is 0 Å². The summed E-state index contributed by atoms with van der Waals surface area (Å²) in [6.07, 6.45) is 3.27. The lowest BCUT2D eigenvalue weighted by Gasteiger charge is -2.45. The van der Waals surface area contributed by atoms with E-state index in [1.165, 1.54) is 0 Å². The summed E-state index contributed by atoms with van der Waals surface area (Å²) in [5.74, 6) is 1.26. The second-order valence-corrected chi connectivity index (χ2v) is 6.22. The zero-order valence-electron chi connectivity index (χ0n) is 13.1. The van der Waals surface area contributed by atoms with Gasteiger partial charge in [-0.3, -0.25) is 4.79 Å². The number of ether oxygens (including phenoxy) is 1. The number of aromatic nitrogens is 4. The highest BCUT2D eigenvalue weighted by atomic mass is 16.5. The maximum absolute atomic E-state index is 12.5. The van der Waals surface area contributed by atoms with E-state index in [9.17, 15) is 4.79 Å². The van der Waals surface area contributed by atoms with E-state index in [1.54, 1.807) is 10.8 Å². The molecule has 2 aromatic rings. The maximum Gasteiger partial charge on any atom is 0.225 e. The van der Waals surface area contributed by atoms with E-state index < -0.39 is 0 Å². The first-order valence-electron chi connectivity index (χ1n) is 7.99. The molecule has 0 unspecified atom stereocenters. The molecular weight excluding hydrogens is 296 g/mol. The number of nitrogens with zero attached hydrogens (tertiary/aromatic N) is 6. The summed E-state index contributed by atoms with van der Waals surface area (Å²) in [5, 5.41) is 12.3. The largest absolute Gasteiger partial charge is 0.381 e. The molecule has 0 saturated carbocycles. The fraction of sp³-hybridized carbons (Fsp3) is 0.600. The molecule has 2 aromatic heterocycles. The second kappa shape index (κ2) is 5.77. The van der Waals surface area contributed by atoms with Gasteiger partial charge >= 0.3 is 0 Å². The standard InChI is InChI=1S/C15H20N6O2/c1-19(15(22)11-4-6-23-7-5-11)12-8-20(9-12)14-3-2-13-17-16-10-21(13)18-14/h2-3,10-12H,4-9H2,1H3. The van der Waals surface area contributed by atoms with Crippen molar-refractivity contribution < 1.29 is 9.53 Å². The molecule has 4 rings (SSSR count). The van der Waals surface area contributed by atoms with Gasteiger partial charge in [0.25, 0.3) is 0 Å². The van der Waals surface area contributed by atoms with Crippen molar-refractivity contribution in [3.63, 3.8) is 0 Å². The Balaban J connectivity index is 1.37. The third-order valence-electron chi connectivity index (χ3n) is 4.80. The Hall–Kier alpha value is -2.22. The molecule has 0 radical (unpaired) electrons. The smallest absolute Gasteiger partial charge is 0.225 e. The highest BCUT2D eigenvalue weighted by Gasteiger charge is 2.36. The highest BCUT2D eigenvalue weighted by molar-refractivity contribution is 5.79. The van der Waals surface area contributed by atoms with Gasteiger partial charge in [-0.05, 0) is 25.0 Å². The monoisotopic (exact) mass is 316 g/mol. The molecular formula is C15H20N6O2. The zero-order chi connectivity index (χ0) is 15.8. The highest BCUT2D eigenvalue weighted by Crippen LogP contribution is 2.24. The lowest BCUT2D eigenvalue weighted by atomic mass is 9.97. The van der Waals surface area contributed by atoms with Crippen molar-refractivity contribution >= 4 is 17.4 Å². The topological polar surface area (TPSA) is 75.9 Å². The van der Waals surface area contributed by atoms with E-state index in [1.807, 2.05) is 24.1 Å². The van der Waals surface area contributed by atoms with Crippen LogP contribution in [-0.4, -0.2) is 70.0 Å². The van der Waals surface area contributed by atoms with Gasteiger partial charge in [0.15, 0.2) is 5.65 Å². The van der Waals surface area contributed by atoms with Gasteiger partial charge in [0.05, 0.1) is 6.04 Å². The summed E-state index contributed by atoms with van der Waals surface area (Å²) >= 11 is 0. The molecule has 1 amide bonds. The number of carbonyl (C=O) groups is 1. The molecule has 23 heavy (non-hydrogen) atoms. The van der Waals surface area contributed by atoms with E-state index in [-0.39, 0.29) is 17.9 Å². The minimum absolute atomic E-state index is 0.120. The van der Waals surface area contributed by atoms with Crippen LogP contribution in [0.4, 0.5) is 5.82 Å². The van der Waals surface area contributed by atoms with Gasteiger partial charge in [0, 0.05) is 39.3 Å². The fourth-order valence-electron chi connectivity index (χ4n) is 3.19. The molecule has 0 aromatic carbocycles. The Labute approximate surface area is 134 Å². The van der Waals surface area contributed by atoms with Gasteiger partial charge in [0.2, 0.25) is 5.91 Å². The van der Waals surface area contributed by atoms with Crippen LogP contribution in [0, 0.1) is 5.92 Å². The molecule has 2 fully saturated rings. The minimum atomic E-state index is 0.120. The minimum Gasteiger partial charge on any atom is -0.381 e. The Bertz CT molecular complexity index is 705. The lowest BCUT2D eigenvalue weighted by Crippen LogP contribution is -2.61. The van der Waals surface area contributed by atoms with Gasteiger partial charge in [0.1, 0.15) is 12.1 Å². The normalized spacial score (nSPS) is 19.8. The van der Waals surface area contributed by atoms with Crippen LogP contribution in [0.15, 0.2) is 18.5 Å². The van der Waals surface area contributed by atoms with Crippen LogP contribution in [0.5, 0.6) is 0 Å². The molecule has 8 heteroatoms. The number of amides is 1. The first-order chi connectivity index (χ1) is 11.2. The quantitative estimate of drug-likeness (QED) is 0.805. The van der Waals surface area contributed by atoms with Crippen molar-refractivity contribution in [1.82, 2.24) is 24.7 Å². The van der Waals surface area contributed by atoms with Crippen molar-refractivity contribution in [2.24, 2.45) is 5.92 Å². The van der Waals surface area contributed by atoms with Crippen molar-refractivity contribution in [2.75, 3.05) is 38.3 Å². The van der Waals surface area contributed by atoms with E-state index >= 15 is 0 Å². The summed E-state index contributed by atoms with van der Waals surface area (Å²) in [7, 11) is 1.91. The van der Waals surface area contributed by atoms with Gasteiger partial charge < -0.3 is 14.5 Å². The Morgan fingerprint density at radius 3 is 2.87 bits per heavy atom. The SMILES string of the molecule is CN(C(=O)C1CCOCC1)C1CN(c2ccc3nncn3n2)C1. The number of likely N-dealkylation sites (N-methyl/N-ethyl adjacent to an activating group) is 1. The number of hydrogen-bond donors (Lipinski definition) is 0. The molecule has 8 nitrogen and oxygen atoms in total. The van der Waals surface area contributed by atoms with Crippen LogP contribution in [0.2, 0.25) is 0 Å². The first kappa shape index (κ1) is 14.4. The summed E-state index contributed by atoms with van der Waals surface area (Å²) in [6.45, 7) is 3.02. The number of anilines is 1. The average Bonchev–Trinajstić information content (AvgIpc) is 3.01. The predicted molar refractivity (Wildman–Crippen MR) is 83.1 cm³/mol. The molecule has 2 aliphatic heterocycles. The summed E-state index contributed by atoms with van der Waals surface area (Å²) in [6, 6.07) is 4.10. The Morgan fingerprint density at radius 1 is 1.30 bits per heavy atom. The van der Waals surface area contributed by atoms with Crippen LogP contribution in [0.3, 0.4) is 0 Å². The van der Waals surface area contributed by atoms with Crippen molar-refractivity contribution in [2.45, 2.75) is 18.9 Å². The van der Waals surface area contributed by atoms with Gasteiger partial charge in [-0.1, -0.05) is 0 Å². The molecule has 0 aliphatic carbocycles. The number of fused-ring (bicyclic) bond motifs is 1. The molecule has 0 atom stereocenters. The predicted octanol–water partition coefficient (Wildman–Crippen LogP) is 0.198. The first-order valence-corrected chi connectivity index (χ1v) is 7.99. The summed E-state index contributed by atoms with van der Waals surface area (Å²) in [5.41, 5.74) is 0.734. The Morgan fingerprint density at radius 2 is 2.09 bits per heavy atom. The van der Waals surface area contributed by atoms with E-state index in [2.05, 4.69) is 20.2 Å². The number of carbonyl (C=O) groups excluding carboxylic acids is 1. The van der Waals surface area contributed by atoms with Gasteiger partial charge in [-0.2, -0.15) is 4.52 Å². The van der Waals surface area contributed by atoms with Gasteiger partial charge in [-0.25, -0.2) is 0 Å². The third kappa shape index (κ3) is 2.63. The van der Waals surface area contributed by atoms with Crippen LogP contribution in [0.1, 0.15) is 12.8 Å². The van der Waals surface area contributed by atoms with Crippen molar-refractivity contribution in [3.05, 3.63) is 18.5 Å². The van der Waals surface area contributed by atoms with Crippen LogP contribution in [0.25, 0.3) is 5.65 Å². The van der Waals surface area contributed by atoms with E-state index in [0.29, 0.717) is 13.2 Å². The molecule has 0 spiro atoms. The second-order valence-electron chi connectivity index (χ2n) is 6.22. The van der Waals surface area contributed by atoms with E-state index in [4.69, 9.17) is 4.74 Å². The van der Waals surface area contributed by atoms with Crippen LogP contribution in [-0.2, 0) is 9.53 Å². The summed E-state index contributed by atoms with van der Waals surface area (Å²) in [4.78, 5) is 16.6. The fourth-order valence-corrected chi connectivity index (χ4v) is 3.19. The number of hydrogen-bond acceptors (Lipinski definition) is 6. The number of rotatable bonds is 3. The molecule has 2 saturated heterocycles. The Kier molecular flexibility index (Phi) is 3.60. The molecule has 122 valence electrons. The maximum atomic E-state index is 12.5. The lowest BCUT2D eigenvalue weighted by molar-refractivity contribution is -0.139. The van der Waals surface area contributed by atoms with Crippen LogP contribution >= 0.6 is 0 Å². The molecule has 0 N–H and O–H groups in total. The average molecular weight is 316 g/mol. The summed E-state index contributed by atoms with van der Waals surface area (Å²) < 4.78 is 7.00. The van der Waals surface area contributed by atoms with Crippen LogP contribution < -0.4 is 4.90 Å².